The van der Waals surface area contributed by atoms with Gasteiger partial charge >= 0.3 is 0 Å². The fraction of sp³-hybridized carbons (Fsp3) is 0.174. The first kappa shape index (κ1) is 20.1. The highest BCUT2D eigenvalue weighted by Gasteiger charge is 2.18. The summed E-state index contributed by atoms with van der Waals surface area (Å²) in [6, 6.07) is 18.4. The molecule has 0 bridgehead atoms. The average Bonchev–Trinajstić information content (AvgIpc) is 2.79. The van der Waals surface area contributed by atoms with Gasteiger partial charge in [-0.2, -0.15) is 0 Å². The molecule has 3 rings (SSSR count). The van der Waals surface area contributed by atoms with Gasteiger partial charge in [0.1, 0.15) is 5.75 Å². The van der Waals surface area contributed by atoms with Crippen molar-refractivity contribution in [2.24, 2.45) is 0 Å². The highest BCUT2D eigenvalue weighted by atomic mass is 16.5. The van der Waals surface area contributed by atoms with Gasteiger partial charge in [0.15, 0.2) is 0 Å². The summed E-state index contributed by atoms with van der Waals surface area (Å²) < 4.78 is 5.13. The molecule has 0 radical (unpaired) electrons. The summed E-state index contributed by atoms with van der Waals surface area (Å²) in [6.45, 7) is 2.78. The van der Waals surface area contributed by atoms with Crippen LogP contribution in [0.2, 0.25) is 0 Å². The summed E-state index contributed by atoms with van der Waals surface area (Å²) in [5, 5.41) is 2.85. The Labute approximate surface area is 170 Å². The maximum Gasteiger partial charge on any atom is 0.259 e. The molecule has 1 N–H and O–H groups in total. The Morgan fingerprint density at radius 3 is 2.34 bits per heavy atom. The molecule has 0 aliphatic heterocycles. The van der Waals surface area contributed by atoms with Gasteiger partial charge in [-0.15, -0.1) is 0 Å². The summed E-state index contributed by atoms with van der Waals surface area (Å²) in [5.74, 6) is 0.274. The zero-order valence-corrected chi connectivity index (χ0v) is 16.5. The third-order valence-corrected chi connectivity index (χ3v) is 4.49. The number of methoxy groups -OCH3 is 1. The number of para-hydroxylation sites is 1. The van der Waals surface area contributed by atoms with Crippen molar-refractivity contribution in [2.75, 3.05) is 18.6 Å². The first-order valence-corrected chi connectivity index (χ1v) is 9.35. The lowest BCUT2D eigenvalue weighted by Crippen LogP contribution is -2.31. The number of benzene rings is 2. The number of hydrogen-bond donors (Lipinski definition) is 1. The number of rotatable bonds is 7. The van der Waals surface area contributed by atoms with Crippen molar-refractivity contribution in [3.63, 3.8) is 0 Å². The fourth-order valence-electron chi connectivity index (χ4n) is 2.92. The number of ether oxygens (including phenoxy) is 1. The summed E-state index contributed by atoms with van der Waals surface area (Å²) in [5.41, 5.74) is 2.45. The third kappa shape index (κ3) is 4.99. The van der Waals surface area contributed by atoms with Crippen LogP contribution in [0.5, 0.6) is 5.75 Å². The van der Waals surface area contributed by atoms with Crippen LogP contribution in [-0.4, -0.2) is 30.5 Å². The lowest BCUT2D eigenvalue weighted by Gasteiger charge is -2.21. The van der Waals surface area contributed by atoms with Crippen molar-refractivity contribution in [1.29, 1.82) is 0 Å². The maximum absolute atomic E-state index is 12.9. The Kier molecular flexibility index (Phi) is 6.58. The Morgan fingerprint density at radius 2 is 1.69 bits per heavy atom. The van der Waals surface area contributed by atoms with E-state index in [-0.39, 0.29) is 11.8 Å². The maximum atomic E-state index is 12.9. The van der Waals surface area contributed by atoms with Crippen molar-refractivity contribution >= 4 is 17.5 Å². The highest BCUT2D eigenvalue weighted by Crippen LogP contribution is 2.17. The molecular weight excluding hydrogens is 366 g/mol. The summed E-state index contributed by atoms with van der Waals surface area (Å²) in [6.07, 6.45) is 2.94. The van der Waals surface area contributed by atoms with E-state index in [1.54, 1.807) is 18.1 Å². The molecule has 0 aliphatic rings. The van der Waals surface area contributed by atoms with Crippen LogP contribution >= 0.6 is 0 Å². The van der Waals surface area contributed by atoms with Crippen LogP contribution in [0.15, 0.2) is 73.1 Å². The number of anilines is 1. The molecule has 0 fully saturated rings. The van der Waals surface area contributed by atoms with E-state index in [1.807, 2.05) is 61.5 Å². The minimum absolute atomic E-state index is 0.198. The van der Waals surface area contributed by atoms with Crippen LogP contribution in [0, 0.1) is 0 Å². The molecule has 29 heavy (non-hydrogen) atoms. The molecule has 0 saturated heterocycles. The van der Waals surface area contributed by atoms with Crippen LogP contribution in [0.3, 0.4) is 0 Å². The lowest BCUT2D eigenvalue weighted by atomic mass is 10.1. The van der Waals surface area contributed by atoms with E-state index in [0.717, 1.165) is 17.0 Å². The van der Waals surface area contributed by atoms with Gasteiger partial charge in [0, 0.05) is 31.2 Å². The van der Waals surface area contributed by atoms with Crippen LogP contribution in [0.25, 0.3) is 0 Å². The van der Waals surface area contributed by atoms with Crippen LogP contribution < -0.4 is 15.0 Å². The van der Waals surface area contributed by atoms with Crippen LogP contribution in [0.1, 0.15) is 33.2 Å². The second-order valence-corrected chi connectivity index (χ2v) is 6.38. The zero-order chi connectivity index (χ0) is 20.6. The van der Waals surface area contributed by atoms with E-state index in [1.165, 1.54) is 12.4 Å². The van der Waals surface area contributed by atoms with E-state index in [2.05, 4.69) is 10.3 Å². The lowest BCUT2D eigenvalue weighted by molar-refractivity contribution is 0.0950. The molecule has 0 atom stereocenters. The Hall–Kier alpha value is -3.67. The second kappa shape index (κ2) is 9.50. The molecule has 0 aliphatic carbocycles. The molecular formula is C23H23N3O3. The molecule has 148 valence electrons. The predicted molar refractivity (Wildman–Crippen MR) is 112 cm³/mol. The van der Waals surface area contributed by atoms with Gasteiger partial charge in [-0.25, -0.2) is 0 Å². The van der Waals surface area contributed by atoms with Crippen molar-refractivity contribution in [2.45, 2.75) is 13.5 Å². The van der Waals surface area contributed by atoms with Gasteiger partial charge in [0.25, 0.3) is 11.8 Å². The van der Waals surface area contributed by atoms with Gasteiger partial charge in [-0.05, 0) is 42.8 Å². The summed E-state index contributed by atoms with van der Waals surface area (Å²) in [7, 11) is 1.61. The number of carbonyl (C=O) groups is 2. The molecule has 6 nitrogen and oxygen atoms in total. The molecule has 3 aromatic rings. The van der Waals surface area contributed by atoms with Gasteiger partial charge in [-0.1, -0.05) is 30.3 Å². The van der Waals surface area contributed by atoms with Crippen LogP contribution in [0.4, 0.5) is 5.69 Å². The Bertz CT molecular complexity index is 972. The summed E-state index contributed by atoms with van der Waals surface area (Å²) in [4.78, 5) is 31.2. The molecule has 2 amide bonds. The molecule has 6 heteroatoms. The minimum Gasteiger partial charge on any atom is -0.497 e. The third-order valence-electron chi connectivity index (χ3n) is 4.49. The zero-order valence-electron chi connectivity index (χ0n) is 16.5. The normalized spacial score (nSPS) is 10.3. The SMILES string of the molecule is CCN(C(=O)c1cncc(C(=O)NCc2ccc(OC)cc2)c1)c1ccccc1. The Balaban J connectivity index is 1.70. The summed E-state index contributed by atoms with van der Waals surface area (Å²) >= 11 is 0. The van der Waals surface area contributed by atoms with Crippen LogP contribution in [-0.2, 0) is 6.54 Å². The first-order chi connectivity index (χ1) is 14.1. The predicted octanol–water partition coefficient (Wildman–Crippen LogP) is 3.69. The van der Waals surface area contributed by atoms with Crippen molar-refractivity contribution in [3.05, 3.63) is 89.7 Å². The number of amides is 2. The van der Waals surface area contributed by atoms with E-state index in [9.17, 15) is 9.59 Å². The molecule has 0 unspecified atom stereocenters. The van der Waals surface area contributed by atoms with Crippen molar-refractivity contribution < 1.29 is 14.3 Å². The monoisotopic (exact) mass is 389 g/mol. The van der Waals surface area contributed by atoms with Crippen molar-refractivity contribution in [3.8, 4) is 5.75 Å². The van der Waals surface area contributed by atoms with Gasteiger partial charge in [0.05, 0.1) is 18.2 Å². The number of pyridine rings is 1. The Morgan fingerprint density at radius 1 is 1.00 bits per heavy atom. The number of carbonyl (C=O) groups excluding carboxylic acids is 2. The van der Waals surface area contributed by atoms with E-state index < -0.39 is 0 Å². The average molecular weight is 389 g/mol. The van der Waals surface area contributed by atoms with E-state index in [4.69, 9.17) is 4.74 Å². The first-order valence-electron chi connectivity index (χ1n) is 9.35. The largest absolute Gasteiger partial charge is 0.497 e. The number of aromatic nitrogens is 1. The van der Waals surface area contributed by atoms with Gasteiger partial charge < -0.3 is 15.0 Å². The smallest absolute Gasteiger partial charge is 0.259 e. The number of nitrogens with zero attached hydrogens (tertiary/aromatic N) is 2. The molecule has 1 heterocycles. The number of hydrogen-bond acceptors (Lipinski definition) is 4. The minimum atomic E-state index is -0.286. The van der Waals surface area contributed by atoms with Gasteiger partial charge in [0.2, 0.25) is 0 Å². The van der Waals surface area contributed by atoms with Gasteiger partial charge in [-0.3, -0.25) is 14.6 Å². The highest BCUT2D eigenvalue weighted by molar-refractivity contribution is 6.07. The van der Waals surface area contributed by atoms with Crippen molar-refractivity contribution in [1.82, 2.24) is 10.3 Å². The standard InChI is InChI=1S/C23H23N3O3/c1-3-26(20-7-5-4-6-8-20)23(28)19-13-18(15-24-16-19)22(27)25-14-17-9-11-21(29-2)12-10-17/h4-13,15-16H,3,14H2,1-2H3,(H,25,27). The van der Waals surface area contributed by atoms with E-state index >= 15 is 0 Å². The molecule has 2 aromatic carbocycles. The topological polar surface area (TPSA) is 71.5 Å². The van der Waals surface area contributed by atoms with E-state index in [0.29, 0.717) is 24.2 Å². The molecule has 0 saturated carbocycles. The second-order valence-electron chi connectivity index (χ2n) is 6.38. The fourth-order valence-corrected chi connectivity index (χ4v) is 2.92. The number of nitrogens with one attached hydrogen (secondary N) is 1. The molecule has 1 aromatic heterocycles. The molecule has 0 spiro atoms. The quantitative estimate of drug-likeness (QED) is 0.669.